The molecule has 1 amide bonds. The molecule has 2 heterocycles. The average molecular weight is 418 g/mol. The smallest absolute Gasteiger partial charge is 0.267 e. The Balaban J connectivity index is 1.42. The molecule has 7 heteroatoms. The monoisotopic (exact) mass is 418 g/mol. The van der Waals surface area contributed by atoms with Gasteiger partial charge in [-0.15, -0.1) is 0 Å². The molecule has 0 aliphatic carbocycles. The predicted molar refractivity (Wildman–Crippen MR) is 107 cm³/mol. The summed E-state index contributed by atoms with van der Waals surface area (Å²) < 4.78 is 43.7. The van der Waals surface area contributed by atoms with E-state index in [0.29, 0.717) is 36.2 Å². The fraction of sp³-hybridized carbons (Fsp3) is 0.435. The van der Waals surface area contributed by atoms with Crippen LogP contribution < -0.4 is 0 Å². The van der Waals surface area contributed by atoms with Crippen molar-refractivity contribution in [2.75, 3.05) is 19.6 Å². The van der Waals surface area contributed by atoms with Gasteiger partial charge in [0, 0.05) is 13.1 Å². The van der Waals surface area contributed by atoms with E-state index in [4.69, 9.17) is 0 Å². The molecule has 0 radical (unpaired) electrons. The number of alkyl halides is 2. The molecule has 4 nitrogen and oxygen atoms in total. The van der Waals surface area contributed by atoms with Gasteiger partial charge >= 0.3 is 0 Å². The fourth-order valence-electron chi connectivity index (χ4n) is 4.52. The van der Waals surface area contributed by atoms with Crippen molar-refractivity contribution in [1.29, 1.82) is 0 Å². The van der Waals surface area contributed by atoms with Crippen molar-refractivity contribution < 1.29 is 23.1 Å². The Bertz CT molecular complexity index is 933. The first kappa shape index (κ1) is 20.7. The van der Waals surface area contributed by atoms with Gasteiger partial charge in [-0.25, -0.2) is 13.2 Å². The Kier molecular flexibility index (Phi) is 5.49. The van der Waals surface area contributed by atoms with Crippen LogP contribution in [-0.2, 0) is 11.3 Å². The highest BCUT2D eigenvalue weighted by atomic mass is 19.3. The van der Waals surface area contributed by atoms with Crippen LogP contribution in [0.1, 0.15) is 35.4 Å². The summed E-state index contributed by atoms with van der Waals surface area (Å²) in [7, 11) is 0. The lowest BCUT2D eigenvalue weighted by Gasteiger charge is -2.40. The maximum absolute atomic E-state index is 14.9. The second-order valence-corrected chi connectivity index (χ2v) is 8.31. The first-order chi connectivity index (χ1) is 14.2. The van der Waals surface area contributed by atoms with Crippen molar-refractivity contribution in [3.05, 3.63) is 65.0 Å². The number of phenolic OH excluding ortho intramolecular Hbond substituents is 1. The second kappa shape index (κ2) is 7.95. The van der Waals surface area contributed by atoms with Crippen LogP contribution in [0.3, 0.4) is 0 Å². The highest BCUT2D eigenvalue weighted by molar-refractivity contribution is 5.84. The van der Waals surface area contributed by atoms with Crippen molar-refractivity contribution in [1.82, 2.24) is 9.80 Å². The number of aryl methyl sites for hydroxylation is 1. The van der Waals surface area contributed by atoms with E-state index in [1.807, 2.05) is 0 Å². The molecule has 160 valence electrons. The molecule has 2 aromatic carbocycles. The fourth-order valence-corrected chi connectivity index (χ4v) is 4.52. The minimum absolute atomic E-state index is 0.0459. The summed E-state index contributed by atoms with van der Waals surface area (Å²) in [6, 6.07) is 10.2. The first-order valence-electron chi connectivity index (χ1n) is 10.2. The number of aromatic hydroxyl groups is 1. The number of piperidine rings is 1. The third-order valence-electron chi connectivity index (χ3n) is 6.24. The zero-order valence-electron chi connectivity index (χ0n) is 16.8. The SMILES string of the molecule is Cc1ccc(CN2CC[C@@H](N3CC[C@@H](c4ccc(O)cc4)C(F)(F)C3)C2=O)cc1F. The number of phenols is 1. The number of rotatable bonds is 4. The van der Waals surface area contributed by atoms with Crippen LogP contribution in [0, 0.1) is 12.7 Å². The van der Waals surface area contributed by atoms with E-state index in [1.54, 1.807) is 28.9 Å². The lowest BCUT2D eigenvalue weighted by molar-refractivity contribution is -0.138. The second-order valence-electron chi connectivity index (χ2n) is 8.31. The van der Waals surface area contributed by atoms with E-state index in [9.17, 15) is 23.1 Å². The highest BCUT2D eigenvalue weighted by Crippen LogP contribution is 2.42. The van der Waals surface area contributed by atoms with Crippen molar-refractivity contribution in [3.8, 4) is 5.75 Å². The Morgan fingerprint density at radius 1 is 1.10 bits per heavy atom. The molecule has 0 spiro atoms. The molecule has 30 heavy (non-hydrogen) atoms. The molecule has 0 saturated carbocycles. The average Bonchev–Trinajstić information content (AvgIpc) is 3.05. The minimum atomic E-state index is -2.97. The molecule has 1 N–H and O–H groups in total. The standard InChI is InChI=1S/C23H25F3N2O2/c1-15-2-3-16(12-20(15)24)13-27-11-9-21(22(27)30)28-10-8-19(23(25,26)14-28)17-4-6-18(29)7-5-17/h2-7,12,19,21,29H,8-11,13-14H2,1H3/t19-,21+/m0/s1. The van der Waals surface area contributed by atoms with Gasteiger partial charge in [0.25, 0.3) is 5.92 Å². The summed E-state index contributed by atoms with van der Waals surface area (Å²) in [6.07, 6.45) is 0.734. The van der Waals surface area contributed by atoms with E-state index in [-0.39, 0.29) is 30.4 Å². The summed E-state index contributed by atoms with van der Waals surface area (Å²) in [6.45, 7) is 2.37. The Morgan fingerprint density at radius 3 is 2.50 bits per heavy atom. The zero-order chi connectivity index (χ0) is 21.5. The largest absolute Gasteiger partial charge is 0.508 e. The normalized spacial score (nSPS) is 24.4. The van der Waals surface area contributed by atoms with E-state index in [1.165, 1.54) is 30.3 Å². The molecule has 4 rings (SSSR count). The number of halogens is 3. The maximum atomic E-state index is 14.9. The van der Waals surface area contributed by atoms with Crippen molar-refractivity contribution in [2.45, 2.75) is 44.2 Å². The number of nitrogens with zero attached hydrogens (tertiary/aromatic N) is 2. The van der Waals surface area contributed by atoms with Crippen LogP contribution in [0.15, 0.2) is 42.5 Å². The van der Waals surface area contributed by atoms with E-state index < -0.39 is 24.4 Å². The number of carbonyl (C=O) groups is 1. The van der Waals surface area contributed by atoms with Crippen LogP contribution >= 0.6 is 0 Å². The van der Waals surface area contributed by atoms with Crippen LogP contribution in [0.4, 0.5) is 13.2 Å². The van der Waals surface area contributed by atoms with Gasteiger partial charge in [-0.2, -0.15) is 0 Å². The highest BCUT2D eigenvalue weighted by Gasteiger charge is 2.49. The molecule has 2 saturated heterocycles. The molecule has 2 fully saturated rings. The van der Waals surface area contributed by atoms with Gasteiger partial charge in [0.1, 0.15) is 11.6 Å². The quantitative estimate of drug-likeness (QED) is 0.814. The van der Waals surface area contributed by atoms with Gasteiger partial charge in [0.15, 0.2) is 0 Å². The Morgan fingerprint density at radius 2 is 1.83 bits per heavy atom. The third-order valence-corrected chi connectivity index (χ3v) is 6.24. The molecule has 2 atom stereocenters. The molecular weight excluding hydrogens is 393 g/mol. The first-order valence-corrected chi connectivity index (χ1v) is 10.2. The number of benzene rings is 2. The molecular formula is C23H25F3N2O2. The number of hydrogen-bond donors (Lipinski definition) is 1. The maximum Gasteiger partial charge on any atom is 0.267 e. The van der Waals surface area contributed by atoms with Crippen LogP contribution in [0.5, 0.6) is 5.75 Å². The molecule has 2 aromatic rings. The van der Waals surface area contributed by atoms with E-state index >= 15 is 0 Å². The van der Waals surface area contributed by atoms with Crippen LogP contribution in [-0.4, -0.2) is 52.4 Å². The summed E-state index contributed by atoms with van der Waals surface area (Å²) in [5.74, 6) is -4.34. The van der Waals surface area contributed by atoms with Gasteiger partial charge in [-0.1, -0.05) is 24.3 Å². The van der Waals surface area contributed by atoms with Gasteiger partial charge in [-0.3, -0.25) is 9.69 Å². The molecule has 0 bridgehead atoms. The van der Waals surface area contributed by atoms with Crippen molar-refractivity contribution in [3.63, 3.8) is 0 Å². The van der Waals surface area contributed by atoms with Gasteiger partial charge < -0.3 is 10.0 Å². The predicted octanol–water partition coefficient (Wildman–Crippen LogP) is 4.07. The third kappa shape index (κ3) is 4.03. The number of carbonyl (C=O) groups excluding carboxylic acids is 1. The lowest BCUT2D eigenvalue weighted by Crippen LogP contribution is -2.53. The number of amides is 1. The lowest BCUT2D eigenvalue weighted by atomic mass is 9.85. The van der Waals surface area contributed by atoms with Gasteiger partial charge in [0.05, 0.1) is 18.5 Å². The van der Waals surface area contributed by atoms with Crippen molar-refractivity contribution >= 4 is 5.91 Å². The molecule has 2 aliphatic heterocycles. The van der Waals surface area contributed by atoms with Crippen molar-refractivity contribution in [2.24, 2.45) is 0 Å². The molecule has 0 unspecified atom stereocenters. The molecule has 0 aromatic heterocycles. The number of hydrogen-bond acceptors (Lipinski definition) is 3. The van der Waals surface area contributed by atoms with Gasteiger partial charge in [-0.05, 0) is 61.2 Å². The van der Waals surface area contributed by atoms with Crippen LogP contribution in [0.2, 0.25) is 0 Å². The summed E-state index contributed by atoms with van der Waals surface area (Å²) in [5, 5.41) is 9.40. The topological polar surface area (TPSA) is 43.8 Å². The van der Waals surface area contributed by atoms with E-state index in [0.717, 1.165) is 0 Å². The zero-order valence-corrected chi connectivity index (χ0v) is 16.8. The molecule has 2 aliphatic rings. The Hall–Kier alpha value is -2.54. The minimum Gasteiger partial charge on any atom is -0.508 e. The summed E-state index contributed by atoms with van der Waals surface area (Å²) in [5.41, 5.74) is 1.74. The van der Waals surface area contributed by atoms with E-state index in [2.05, 4.69) is 0 Å². The van der Waals surface area contributed by atoms with Gasteiger partial charge in [0.2, 0.25) is 5.91 Å². The Labute approximate surface area is 173 Å². The summed E-state index contributed by atoms with van der Waals surface area (Å²) in [4.78, 5) is 16.1. The summed E-state index contributed by atoms with van der Waals surface area (Å²) >= 11 is 0. The number of likely N-dealkylation sites (tertiary alicyclic amines) is 2. The van der Waals surface area contributed by atoms with Crippen LogP contribution in [0.25, 0.3) is 0 Å².